The maximum Gasteiger partial charge on any atom is 0.340 e. The zero-order valence-electron chi connectivity index (χ0n) is 16.2. The molecule has 5 nitrogen and oxygen atoms in total. The van der Waals surface area contributed by atoms with Gasteiger partial charge >= 0.3 is 5.97 Å². The van der Waals surface area contributed by atoms with Gasteiger partial charge in [-0.25, -0.2) is 13.2 Å². The van der Waals surface area contributed by atoms with E-state index in [1.165, 1.54) is 12.1 Å². The van der Waals surface area contributed by atoms with E-state index in [1.54, 1.807) is 66.7 Å². The second-order valence-corrected chi connectivity index (χ2v) is 8.80. The van der Waals surface area contributed by atoms with Gasteiger partial charge < -0.3 is 4.74 Å². The van der Waals surface area contributed by atoms with E-state index in [0.29, 0.717) is 16.3 Å². The number of benzene rings is 3. The third-order valence-corrected chi connectivity index (χ3v) is 6.06. The number of carbonyl (C=O) groups excluding carboxylic acids is 1. The highest BCUT2D eigenvalue weighted by molar-refractivity contribution is 7.89. The maximum atomic E-state index is 12.9. The normalized spacial score (nSPS) is 12.2. The van der Waals surface area contributed by atoms with Crippen LogP contribution in [0.15, 0.2) is 95.9 Å². The molecule has 0 aliphatic carbocycles. The molecule has 3 aromatic carbocycles. The molecule has 0 saturated heterocycles. The second kappa shape index (κ2) is 9.26. The summed E-state index contributed by atoms with van der Waals surface area (Å²) in [7, 11) is -3.94. The SMILES string of the molecule is C=C(C(=O)Oc1ccccc1)[C@@H](NS(=O)(=O)c1ccc(C)cc1)c1ccc(Cl)cc1. The Labute approximate surface area is 181 Å². The highest BCUT2D eigenvalue weighted by Crippen LogP contribution is 2.26. The minimum atomic E-state index is -3.94. The Morgan fingerprint density at radius 2 is 1.57 bits per heavy atom. The Bertz CT molecular complexity index is 1140. The van der Waals surface area contributed by atoms with Crippen LogP contribution in [-0.4, -0.2) is 14.4 Å². The largest absolute Gasteiger partial charge is 0.423 e. The van der Waals surface area contributed by atoms with Crippen molar-refractivity contribution in [1.82, 2.24) is 4.72 Å². The average molecular weight is 442 g/mol. The quantitative estimate of drug-likeness (QED) is 0.324. The number of nitrogens with one attached hydrogen (secondary N) is 1. The van der Waals surface area contributed by atoms with Gasteiger partial charge in [0, 0.05) is 5.02 Å². The van der Waals surface area contributed by atoms with Gasteiger partial charge in [-0.05, 0) is 48.9 Å². The Morgan fingerprint density at radius 3 is 2.17 bits per heavy atom. The Morgan fingerprint density at radius 1 is 0.967 bits per heavy atom. The van der Waals surface area contributed by atoms with Crippen LogP contribution in [-0.2, 0) is 14.8 Å². The molecule has 0 fully saturated rings. The van der Waals surface area contributed by atoms with Crippen LogP contribution < -0.4 is 9.46 Å². The van der Waals surface area contributed by atoms with Crippen LogP contribution in [0.1, 0.15) is 17.2 Å². The molecule has 30 heavy (non-hydrogen) atoms. The van der Waals surface area contributed by atoms with E-state index >= 15 is 0 Å². The fraction of sp³-hybridized carbons (Fsp3) is 0.0870. The van der Waals surface area contributed by atoms with Gasteiger partial charge in [-0.3, -0.25) is 0 Å². The van der Waals surface area contributed by atoms with Crippen LogP contribution >= 0.6 is 11.6 Å². The molecular formula is C23H20ClNO4S. The minimum absolute atomic E-state index is 0.0585. The predicted molar refractivity (Wildman–Crippen MR) is 117 cm³/mol. The van der Waals surface area contributed by atoms with Crippen molar-refractivity contribution in [2.75, 3.05) is 0 Å². The first-order valence-electron chi connectivity index (χ1n) is 9.07. The third kappa shape index (κ3) is 5.36. The second-order valence-electron chi connectivity index (χ2n) is 6.65. The number of rotatable bonds is 7. The number of hydrogen-bond acceptors (Lipinski definition) is 4. The van der Waals surface area contributed by atoms with E-state index in [-0.39, 0.29) is 10.5 Å². The van der Waals surface area contributed by atoms with Crippen LogP contribution in [0.2, 0.25) is 5.02 Å². The van der Waals surface area contributed by atoms with Gasteiger partial charge in [0.05, 0.1) is 16.5 Å². The van der Waals surface area contributed by atoms with Crippen molar-refractivity contribution in [3.63, 3.8) is 0 Å². The molecule has 1 N–H and O–H groups in total. The molecule has 3 aromatic rings. The van der Waals surface area contributed by atoms with Crippen molar-refractivity contribution < 1.29 is 17.9 Å². The van der Waals surface area contributed by atoms with E-state index in [0.717, 1.165) is 5.56 Å². The van der Waals surface area contributed by atoms with E-state index in [1.807, 2.05) is 6.92 Å². The fourth-order valence-electron chi connectivity index (χ4n) is 2.72. The summed E-state index contributed by atoms with van der Waals surface area (Å²) in [6.07, 6.45) is 0. The highest BCUT2D eigenvalue weighted by Gasteiger charge is 2.28. The van der Waals surface area contributed by atoms with Crippen molar-refractivity contribution in [2.24, 2.45) is 0 Å². The van der Waals surface area contributed by atoms with Gasteiger partial charge in [-0.2, -0.15) is 4.72 Å². The summed E-state index contributed by atoms with van der Waals surface area (Å²) in [5, 5.41) is 0.483. The molecular weight excluding hydrogens is 422 g/mol. The molecule has 3 rings (SSSR count). The molecule has 0 radical (unpaired) electrons. The molecule has 1 atom stereocenters. The Hall–Kier alpha value is -2.93. The van der Waals surface area contributed by atoms with Crippen molar-refractivity contribution in [2.45, 2.75) is 17.9 Å². The summed E-state index contributed by atoms with van der Waals surface area (Å²) in [5.74, 6) is -0.410. The van der Waals surface area contributed by atoms with Crippen LogP contribution in [0.3, 0.4) is 0 Å². The first-order valence-corrected chi connectivity index (χ1v) is 10.9. The van der Waals surface area contributed by atoms with Crippen LogP contribution in [0.25, 0.3) is 0 Å². The average Bonchev–Trinajstić information content (AvgIpc) is 2.73. The van der Waals surface area contributed by atoms with E-state index < -0.39 is 22.0 Å². The smallest absolute Gasteiger partial charge is 0.340 e. The number of aryl methyl sites for hydroxylation is 1. The van der Waals surface area contributed by atoms with E-state index in [2.05, 4.69) is 11.3 Å². The van der Waals surface area contributed by atoms with Crippen molar-refractivity contribution >= 4 is 27.6 Å². The number of sulfonamides is 1. The molecule has 0 unspecified atom stereocenters. The molecule has 154 valence electrons. The van der Waals surface area contributed by atoms with Crippen molar-refractivity contribution in [1.29, 1.82) is 0 Å². The number of halogens is 1. The number of carbonyl (C=O) groups is 1. The van der Waals surface area contributed by atoms with Crippen LogP contribution in [0, 0.1) is 6.92 Å². The fourth-order valence-corrected chi connectivity index (χ4v) is 4.06. The van der Waals surface area contributed by atoms with Crippen molar-refractivity contribution in [3.05, 3.63) is 107 Å². The molecule has 7 heteroatoms. The first kappa shape index (κ1) is 21.8. The lowest BCUT2D eigenvalue weighted by Crippen LogP contribution is -2.33. The summed E-state index contributed by atoms with van der Waals surface area (Å²) < 4.78 is 33.8. The standard InChI is InChI=1S/C23H20ClNO4S/c1-16-8-14-21(15-9-16)30(27,28)25-22(18-10-12-19(24)13-11-18)17(2)23(26)29-20-6-4-3-5-7-20/h3-15,22,25H,2H2,1H3/t22-/m1/s1. The first-order chi connectivity index (χ1) is 14.3. The summed E-state index contributed by atoms with van der Waals surface area (Å²) in [6, 6.07) is 20.3. The highest BCUT2D eigenvalue weighted by atomic mass is 35.5. The number of para-hydroxylation sites is 1. The summed E-state index contributed by atoms with van der Waals surface area (Å²) in [5.41, 5.74) is 1.38. The maximum absolute atomic E-state index is 12.9. The molecule has 0 aromatic heterocycles. The van der Waals surface area contributed by atoms with Gasteiger partial charge in [0.1, 0.15) is 5.75 Å². The van der Waals surface area contributed by atoms with Crippen LogP contribution in [0.4, 0.5) is 0 Å². The monoisotopic (exact) mass is 441 g/mol. The predicted octanol–water partition coefficient (Wildman–Crippen LogP) is 4.83. The lowest BCUT2D eigenvalue weighted by Gasteiger charge is -2.21. The molecule has 0 aliphatic heterocycles. The summed E-state index contributed by atoms with van der Waals surface area (Å²) in [6.45, 7) is 5.67. The number of ether oxygens (including phenoxy) is 1. The molecule has 0 saturated carbocycles. The molecule has 0 bridgehead atoms. The molecule has 0 spiro atoms. The Balaban J connectivity index is 1.92. The Kier molecular flexibility index (Phi) is 6.72. The number of hydrogen-bond donors (Lipinski definition) is 1. The van der Waals surface area contributed by atoms with Gasteiger partial charge in [0.2, 0.25) is 10.0 Å². The topological polar surface area (TPSA) is 72.5 Å². The lowest BCUT2D eigenvalue weighted by molar-refractivity contribution is -0.130. The van der Waals surface area contributed by atoms with Gasteiger partial charge in [0.25, 0.3) is 0 Å². The van der Waals surface area contributed by atoms with Gasteiger partial charge in [0.15, 0.2) is 0 Å². The van der Waals surface area contributed by atoms with Gasteiger partial charge in [-0.1, -0.05) is 66.2 Å². The lowest BCUT2D eigenvalue weighted by atomic mass is 10.0. The molecule has 0 amide bonds. The van der Waals surface area contributed by atoms with E-state index in [9.17, 15) is 13.2 Å². The summed E-state index contributed by atoms with van der Waals surface area (Å²) in [4.78, 5) is 12.8. The zero-order chi connectivity index (χ0) is 21.7. The third-order valence-electron chi connectivity index (χ3n) is 4.37. The van der Waals surface area contributed by atoms with E-state index in [4.69, 9.17) is 16.3 Å². The number of esters is 1. The van der Waals surface area contributed by atoms with Crippen molar-refractivity contribution in [3.8, 4) is 5.75 Å². The summed E-state index contributed by atoms with van der Waals surface area (Å²) >= 11 is 5.96. The zero-order valence-corrected chi connectivity index (χ0v) is 17.8. The van der Waals surface area contributed by atoms with Crippen LogP contribution in [0.5, 0.6) is 5.75 Å². The molecule has 0 aliphatic rings. The minimum Gasteiger partial charge on any atom is -0.423 e. The molecule has 0 heterocycles. The van der Waals surface area contributed by atoms with Gasteiger partial charge in [-0.15, -0.1) is 0 Å².